The van der Waals surface area contributed by atoms with Crippen LogP contribution in [0.5, 0.6) is 11.5 Å². The van der Waals surface area contributed by atoms with E-state index in [-0.39, 0.29) is 24.2 Å². The summed E-state index contributed by atoms with van der Waals surface area (Å²) in [5.41, 5.74) is 0.658. The van der Waals surface area contributed by atoms with Crippen molar-refractivity contribution in [1.82, 2.24) is 15.1 Å². The summed E-state index contributed by atoms with van der Waals surface area (Å²) in [5, 5.41) is 8.23. The first-order valence-electron chi connectivity index (χ1n) is 9.76. The lowest BCUT2D eigenvalue weighted by Crippen LogP contribution is -2.41. The molecule has 1 aromatic heterocycles. The van der Waals surface area contributed by atoms with Crippen molar-refractivity contribution in [2.45, 2.75) is 18.8 Å². The molecule has 8 heteroatoms. The number of amides is 1. The minimum absolute atomic E-state index is 0.0405. The number of piperidine rings is 1. The molecule has 1 aliphatic heterocycles. The third-order valence-corrected chi connectivity index (χ3v) is 5.06. The molecule has 4 rings (SSSR count). The average molecular weight is 411 g/mol. The quantitative estimate of drug-likeness (QED) is 0.616. The molecule has 1 saturated heterocycles. The van der Waals surface area contributed by atoms with Gasteiger partial charge in [-0.3, -0.25) is 4.79 Å². The number of likely N-dealkylation sites (tertiary alicyclic amines) is 1. The Morgan fingerprint density at radius 3 is 2.80 bits per heavy atom. The van der Waals surface area contributed by atoms with Gasteiger partial charge in [0.1, 0.15) is 17.3 Å². The molecule has 30 heavy (non-hydrogen) atoms. The molecule has 2 heterocycles. The summed E-state index contributed by atoms with van der Waals surface area (Å²) in [7, 11) is 1.58. The van der Waals surface area contributed by atoms with Crippen LogP contribution < -0.4 is 9.47 Å². The second-order valence-corrected chi connectivity index (χ2v) is 7.10. The summed E-state index contributed by atoms with van der Waals surface area (Å²) in [5.74, 6) is 1.62. The Hall–Kier alpha value is -3.42. The zero-order valence-corrected chi connectivity index (χ0v) is 16.6. The van der Waals surface area contributed by atoms with Crippen LogP contribution in [0.3, 0.4) is 0 Å². The summed E-state index contributed by atoms with van der Waals surface area (Å²) in [6.07, 6.45) is 1.69. The van der Waals surface area contributed by atoms with Crippen molar-refractivity contribution in [2.75, 3.05) is 26.8 Å². The maximum absolute atomic E-state index is 13.1. The number of benzene rings is 2. The highest BCUT2D eigenvalue weighted by Crippen LogP contribution is 2.28. The monoisotopic (exact) mass is 411 g/mol. The summed E-state index contributed by atoms with van der Waals surface area (Å²) >= 11 is 0. The highest BCUT2D eigenvalue weighted by molar-refractivity contribution is 5.78. The Labute approximate surface area is 173 Å². The second-order valence-electron chi connectivity index (χ2n) is 7.10. The number of nitrogens with zero attached hydrogens (tertiary/aromatic N) is 3. The van der Waals surface area contributed by atoms with Crippen LogP contribution >= 0.6 is 0 Å². The Kier molecular flexibility index (Phi) is 5.92. The van der Waals surface area contributed by atoms with E-state index in [2.05, 4.69) is 10.2 Å². The molecule has 0 N–H and O–H groups in total. The fourth-order valence-corrected chi connectivity index (χ4v) is 3.44. The van der Waals surface area contributed by atoms with Gasteiger partial charge in [-0.25, -0.2) is 4.39 Å². The van der Waals surface area contributed by atoms with Crippen LogP contribution in [-0.4, -0.2) is 47.8 Å². The fourth-order valence-electron chi connectivity index (χ4n) is 3.44. The van der Waals surface area contributed by atoms with Gasteiger partial charge in [-0.15, -0.1) is 10.2 Å². The molecule has 2 aromatic carbocycles. The molecule has 1 unspecified atom stereocenters. The molecular weight excluding hydrogens is 389 g/mol. The zero-order valence-electron chi connectivity index (χ0n) is 16.6. The topological polar surface area (TPSA) is 77.7 Å². The standard InChI is InChI=1S/C22H22FN3O4/c1-28-18-5-2-6-19(12-18)29-14-20(27)26-11-3-4-16(13-26)22-25-24-21(30-22)15-7-9-17(23)10-8-15/h2,5-10,12,16H,3-4,11,13-14H2,1H3. The number of halogens is 1. The van der Waals surface area contributed by atoms with Gasteiger partial charge >= 0.3 is 0 Å². The van der Waals surface area contributed by atoms with Crippen LogP contribution in [0.4, 0.5) is 4.39 Å². The molecule has 0 bridgehead atoms. The minimum atomic E-state index is -0.323. The van der Waals surface area contributed by atoms with Crippen LogP contribution in [0.1, 0.15) is 24.7 Å². The minimum Gasteiger partial charge on any atom is -0.497 e. The number of carbonyl (C=O) groups excluding carboxylic acids is 1. The lowest BCUT2D eigenvalue weighted by atomic mass is 9.98. The van der Waals surface area contributed by atoms with E-state index < -0.39 is 0 Å². The first kappa shape index (κ1) is 19.9. The molecule has 0 radical (unpaired) electrons. The molecule has 0 spiro atoms. The van der Waals surface area contributed by atoms with Gasteiger partial charge in [0.05, 0.1) is 13.0 Å². The predicted molar refractivity (Wildman–Crippen MR) is 107 cm³/mol. The van der Waals surface area contributed by atoms with Crippen molar-refractivity contribution in [2.24, 2.45) is 0 Å². The Morgan fingerprint density at radius 2 is 2.00 bits per heavy atom. The summed E-state index contributed by atoms with van der Waals surface area (Å²) in [6, 6.07) is 13.0. The smallest absolute Gasteiger partial charge is 0.260 e. The number of hydrogen-bond donors (Lipinski definition) is 0. The molecule has 1 fully saturated rings. The van der Waals surface area contributed by atoms with Gasteiger partial charge in [-0.2, -0.15) is 0 Å². The van der Waals surface area contributed by atoms with E-state index in [1.807, 2.05) is 12.1 Å². The number of methoxy groups -OCH3 is 1. The molecular formula is C22H22FN3O4. The van der Waals surface area contributed by atoms with Crippen molar-refractivity contribution in [3.05, 3.63) is 60.2 Å². The van der Waals surface area contributed by atoms with Crippen molar-refractivity contribution < 1.29 is 23.1 Å². The van der Waals surface area contributed by atoms with Crippen molar-refractivity contribution in [3.63, 3.8) is 0 Å². The van der Waals surface area contributed by atoms with Gasteiger partial charge in [0.25, 0.3) is 5.91 Å². The molecule has 156 valence electrons. The van der Waals surface area contributed by atoms with E-state index in [0.717, 1.165) is 12.8 Å². The Morgan fingerprint density at radius 1 is 1.20 bits per heavy atom. The van der Waals surface area contributed by atoms with Gasteiger partial charge in [0, 0.05) is 24.7 Å². The molecule has 7 nitrogen and oxygen atoms in total. The number of carbonyl (C=O) groups is 1. The molecule has 1 atom stereocenters. The number of aromatic nitrogens is 2. The van der Waals surface area contributed by atoms with Crippen LogP contribution in [0.15, 0.2) is 52.9 Å². The van der Waals surface area contributed by atoms with Gasteiger partial charge in [-0.1, -0.05) is 6.07 Å². The summed E-state index contributed by atoms with van der Waals surface area (Å²) < 4.78 is 29.7. The third kappa shape index (κ3) is 4.59. The first-order chi connectivity index (χ1) is 14.6. The largest absolute Gasteiger partial charge is 0.497 e. The van der Waals surface area contributed by atoms with E-state index in [1.165, 1.54) is 12.1 Å². The van der Waals surface area contributed by atoms with Crippen LogP contribution in [0.25, 0.3) is 11.5 Å². The van der Waals surface area contributed by atoms with Crippen LogP contribution in [0.2, 0.25) is 0 Å². The average Bonchev–Trinajstić information content (AvgIpc) is 3.28. The van der Waals surface area contributed by atoms with Crippen LogP contribution in [0, 0.1) is 5.82 Å². The van der Waals surface area contributed by atoms with Gasteiger partial charge in [0.15, 0.2) is 6.61 Å². The van der Waals surface area contributed by atoms with E-state index in [1.54, 1.807) is 36.3 Å². The van der Waals surface area contributed by atoms with Crippen molar-refractivity contribution in [3.8, 4) is 23.0 Å². The lowest BCUT2D eigenvalue weighted by Gasteiger charge is -2.31. The van der Waals surface area contributed by atoms with Crippen LogP contribution in [-0.2, 0) is 4.79 Å². The van der Waals surface area contributed by atoms with E-state index in [9.17, 15) is 9.18 Å². The van der Waals surface area contributed by atoms with Crippen molar-refractivity contribution >= 4 is 5.91 Å². The summed E-state index contributed by atoms with van der Waals surface area (Å²) in [4.78, 5) is 14.4. The maximum atomic E-state index is 13.1. The normalized spacial score (nSPS) is 16.3. The molecule has 1 amide bonds. The van der Waals surface area contributed by atoms with E-state index >= 15 is 0 Å². The lowest BCUT2D eigenvalue weighted by molar-refractivity contribution is -0.134. The first-order valence-corrected chi connectivity index (χ1v) is 9.76. The zero-order chi connectivity index (χ0) is 20.9. The highest BCUT2D eigenvalue weighted by Gasteiger charge is 2.28. The predicted octanol–water partition coefficient (Wildman–Crippen LogP) is 3.67. The fraction of sp³-hybridized carbons (Fsp3) is 0.318. The number of ether oxygens (including phenoxy) is 2. The second kappa shape index (κ2) is 8.94. The van der Waals surface area contributed by atoms with Crippen molar-refractivity contribution in [1.29, 1.82) is 0 Å². The van der Waals surface area contributed by atoms with E-state index in [0.29, 0.717) is 41.9 Å². The van der Waals surface area contributed by atoms with E-state index in [4.69, 9.17) is 13.9 Å². The van der Waals surface area contributed by atoms with Gasteiger partial charge in [-0.05, 0) is 49.2 Å². The molecule has 0 aliphatic carbocycles. The SMILES string of the molecule is COc1cccc(OCC(=O)N2CCCC(c3nnc(-c4ccc(F)cc4)o3)C2)c1. The highest BCUT2D eigenvalue weighted by atomic mass is 19.1. The molecule has 1 aliphatic rings. The third-order valence-electron chi connectivity index (χ3n) is 5.06. The molecule has 3 aromatic rings. The summed E-state index contributed by atoms with van der Waals surface area (Å²) in [6.45, 7) is 1.10. The van der Waals surface area contributed by atoms with Gasteiger partial charge < -0.3 is 18.8 Å². The maximum Gasteiger partial charge on any atom is 0.260 e. The number of hydrogen-bond acceptors (Lipinski definition) is 6. The Balaban J connectivity index is 1.37. The molecule has 0 saturated carbocycles. The number of rotatable bonds is 6. The van der Waals surface area contributed by atoms with Gasteiger partial charge in [0.2, 0.25) is 11.8 Å². The Bertz CT molecular complexity index is 1010.